The molecule has 1 amide bonds. The molecule has 0 aliphatic carbocycles. The van der Waals surface area contributed by atoms with Gasteiger partial charge in [-0.05, 0) is 30.3 Å². The maximum absolute atomic E-state index is 12.5. The number of benzene rings is 2. The molecule has 2 aromatic carbocycles. The maximum atomic E-state index is 12.5. The number of anilines is 1. The molecule has 3 rings (SSSR count). The Labute approximate surface area is 152 Å². The third-order valence-electron chi connectivity index (χ3n) is 3.29. The van der Waals surface area contributed by atoms with E-state index in [1.165, 1.54) is 37.3 Å². The number of ether oxygens (including phenoxy) is 1. The lowest BCUT2D eigenvalue weighted by atomic mass is 10.2. The fraction of sp³-hybridized carbons (Fsp3) is 0.0625. The molecule has 0 radical (unpaired) electrons. The van der Waals surface area contributed by atoms with Crippen LogP contribution in [0, 0.1) is 0 Å². The third-order valence-corrected chi connectivity index (χ3v) is 5.14. The number of primary sulfonamides is 1. The normalized spacial score (nSPS) is 11.3. The molecule has 10 heteroatoms. The van der Waals surface area contributed by atoms with Gasteiger partial charge in [0.25, 0.3) is 5.91 Å². The van der Waals surface area contributed by atoms with E-state index in [2.05, 4.69) is 10.3 Å². The first-order valence-electron chi connectivity index (χ1n) is 7.26. The molecule has 134 valence electrons. The van der Waals surface area contributed by atoms with Crippen molar-refractivity contribution in [1.82, 2.24) is 4.98 Å². The molecule has 0 saturated carbocycles. The number of sulfonamides is 1. The Morgan fingerprint density at radius 2 is 1.92 bits per heavy atom. The lowest BCUT2D eigenvalue weighted by Crippen LogP contribution is -2.14. The molecule has 3 N–H and O–H groups in total. The maximum Gasteiger partial charge on any atom is 0.308 e. The van der Waals surface area contributed by atoms with Gasteiger partial charge >= 0.3 is 5.97 Å². The van der Waals surface area contributed by atoms with Crippen LogP contribution in [0.5, 0.6) is 5.75 Å². The van der Waals surface area contributed by atoms with Gasteiger partial charge in [0, 0.05) is 6.92 Å². The van der Waals surface area contributed by atoms with Crippen LogP contribution in [0.25, 0.3) is 10.2 Å². The zero-order chi connectivity index (χ0) is 18.9. The Morgan fingerprint density at radius 3 is 2.62 bits per heavy atom. The summed E-state index contributed by atoms with van der Waals surface area (Å²) in [5.74, 6) is -0.913. The molecule has 0 saturated heterocycles. The smallest absolute Gasteiger partial charge is 0.308 e. The van der Waals surface area contributed by atoms with Crippen LogP contribution >= 0.6 is 11.3 Å². The summed E-state index contributed by atoms with van der Waals surface area (Å²) in [7, 11) is -3.83. The van der Waals surface area contributed by atoms with E-state index in [0.717, 1.165) is 11.3 Å². The summed E-state index contributed by atoms with van der Waals surface area (Å²) in [6.45, 7) is 1.24. The lowest BCUT2D eigenvalue weighted by molar-refractivity contribution is -0.131. The van der Waals surface area contributed by atoms with Crippen molar-refractivity contribution in [2.75, 3.05) is 5.32 Å². The number of hydrogen-bond acceptors (Lipinski definition) is 7. The summed E-state index contributed by atoms with van der Waals surface area (Å²) < 4.78 is 28.4. The lowest BCUT2D eigenvalue weighted by Gasteiger charge is -2.07. The van der Waals surface area contributed by atoms with E-state index in [1.54, 1.807) is 12.1 Å². The van der Waals surface area contributed by atoms with Crippen LogP contribution in [0.3, 0.4) is 0 Å². The first-order valence-corrected chi connectivity index (χ1v) is 9.62. The highest BCUT2D eigenvalue weighted by Crippen LogP contribution is 2.29. The third kappa shape index (κ3) is 3.87. The zero-order valence-corrected chi connectivity index (χ0v) is 15.1. The number of nitrogens with one attached hydrogen (secondary N) is 1. The van der Waals surface area contributed by atoms with Crippen LogP contribution in [0.1, 0.15) is 17.3 Å². The molecule has 0 aliphatic rings. The first-order chi connectivity index (χ1) is 12.2. The SMILES string of the molecule is CC(=O)Oc1ccccc1C(=O)Nc1nc2ccc(S(N)(=O)=O)cc2s1. The minimum atomic E-state index is -3.83. The summed E-state index contributed by atoms with van der Waals surface area (Å²) >= 11 is 1.10. The van der Waals surface area contributed by atoms with Crippen LogP contribution in [0.4, 0.5) is 5.13 Å². The topological polar surface area (TPSA) is 128 Å². The largest absolute Gasteiger partial charge is 0.426 e. The Hall–Kier alpha value is -2.82. The van der Waals surface area contributed by atoms with E-state index in [0.29, 0.717) is 10.2 Å². The van der Waals surface area contributed by atoms with Crippen molar-refractivity contribution in [3.8, 4) is 5.75 Å². The number of nitrogens with two attached hydrogens (primary N) is 1. The number of para-hydroxylation sites is 1. The van der Waals surface area contributed by atoms with Gasteiger partial charge in [-0.3, -0.25) is 14.9 Å². The number of esters is 1. The van der Waals surface area contributed by atoms with E-state index >= 15 is 0 Å². The number of carbonyl (C=O) groups excluding carboxylic acids is 2. The van der Waals surface area contributed by atoms with Gasteiger partial charge in [-0.25, -0.2) is 18.5 Å². The quantitative estimate of drug-likeness (QED) is 0.518. The number of thiazole rings is 1. The van der Waals surface area contributed by atoms with Gasteiger partial charge in [0.1, 0.15) is 5.75 Å². The number of hydrogen-bond donors (Lipinski definition) is 2. The molecular formula is C16H13N3O5S2. The van der Waals surface area contributed by atoms with Crippen LogP contribution in [-0.4, -0.2) is 25.3 Å². The molecule has 0 aliphatic heterocycles. The first kappa shape index (κ1) is 18.0. The number of carbonyl (C=O) groups is 2. The summed E-state index contributed by atoms with van der Waals surface area (Å²) in [5, 5.41) is 8.00. The minimum Gasteiger partial charge on any atom is -0.426 e. The van der Waals surface area contributed by atoms with Crippen LogP contribution < -0.4 is 15.2 Å². The second-order valence-electron chi connectivity index (χ2n) is 5.24. The van der Waals surface area contributed by atoms with Gasteiger partial charge < -0.3 is 4.74 Å². The number of amides is 1. The average molecular weight is 391 g/mol. The molecule has 8 nitrogen and oxygen atoms in total. The Morgan fingerprint density at radius 1 is 1.19 bits per heavy atom. The molecule has 1 aromatic heterocycles. The van der Waals surface area contributed by atoms with Crippen molar-refractivity contribution in [1.29, 1.82) is 0 Å². The standard InChI is InChI=1S/C16H13N3O5S2/c1-9(20)24-13-5-3-2-4-11(13)15(21)19-16-18-12-7-6-10(26(17,22)23)8-14(12)25-16/h2-8H,1H3,(H2,17,22,23)(H,18,19,21). The van der Waals surface area contributed by atoms with Crippen molar-refractivity contribution in [3.63, 3.8) is 0 Å². The van der Waals surface area contributed by atoms with Crippen molar-refractivity contribution < 1.29 is 22.7 Å². The molecular weight excluding hydrogens is 378 g/mol. The highest BCUT2D eigenvalue weighted by atomic mass is 32.2. The summed E-state index contributed by atoms with van der Waals surface area (Å²) in [6, 6.07) is 10.5. The van der Waals surface area contributed by atoms with Gasteiger partial charge in [-0.1, -0.05) is 23.5 Å². The van der Waals surface area contributed by atoms with Crippen molar-refractivity contribution in [2.24, 2.45) is 5.14 Å². The number of aromatic nitrogens is 1. The molecule has 0 spiro atoms. The highest BCUT2D eigenvalue weighted by Gasteiger charge is 2.16. The number of fused-ring (bicyclic) bond motifs is 1. The van der Waals surface area contributed by atoms with Crippen molar-refractivity contribution in [3.05, 3.63) is 48.0 Å². The minimum absolute atomic E-state index is 0.0354. The van der Waals surface area contributed by atoms with E-state index in [9.17, 15) is 18.0 Å². The monoisotopic (exact) mass is 391 g/mol. The molecule has 1 heterocycles. The predicted molar refractivity (Wildman–Crippen MR) is 96.7 cm³/mol. The zero-order valence-electron chi connectivity index (χ0n) is 13.4. The van der Waals surface area contributed by atoms with E-state index in [4.69, 9.17) is 9.88 Å². The van der Waals surface area contributed by atoms with Gasteiger partial charge in [-0.2, -0.15) is 0 Å². The second kappa shape index (κ2) is 6.83. The summed E-state index contributed by atoms with van der Waals surface area (Å²) in [5.41, 5.74) is 0.693. The van der Waals surface area contributed by atoms with Crippen molar-refractivity contribution in [2.45, 2.75) is 11.8 Å². The van der Waals surface area contributed by atoms with Gasteiger partial charge in [0.2, 0.25) is 10.0 Å². The fourth-order valence-electron chi connectivity index (χ4n) is 2.20. The highest BCUT2D eigenvalue weighted by molar-refractivity contribution is 7.89. The molecule has 0 unspecified atom stereocenters. The number of rotatable bonds is 4. The van der Waals surface area contributed by atoms with Gasteiger partial charge in [0.05, 0.1) is 20.7 Å². The van der Waals surface area contributed by atoms with E-state index in [-0.39, 0.29) is 21.3 Å². The average Bonchev–Trinajstić information content (AvgIpc) is 2.95. The Bertz CT molecular complexity index is 1120. The number of nitrogens with zero attached hydrogens (tertiary/aromatic N) is 1. The molecule has 0 atom stereocenters. The summed E-state index contributed by atoms with van der Waals surface area (Å²) in [4.78, 5) is 27.8. The fourth-order valence-corrected chi connectivity index (χ4v) is 3.71. The molecule has 26 heavy (non-hydrogen) atoms. The Kier molecular flexibility index (Phi) is 4.72. The Balaban J connectivity index is 1.90. The van der Waals surface area contributed by atoms with E-state index < -0.39 is 21.9 Å². The van der Waals surface area contributed by atoms with Gasteiger partial charge in [0.15, 0.2) is 5.13 Å². The molecule has 0 fully saturated rings. The van der Waals surface area contributed by atoms with E-state index in [1.807, 2.05) is 0 Å². The van der Waals surface area contributed by atoms with Crippen LogP contribution in [-0.2, 0) is 14.8 Å². The summed E-state index contributed by atoms with van der Waals surface area (Å²) in [6.07, 6.45) is 0. The molecule has 0 bridgehead atoms. The van der Waals surface area contributed by atoms with Crippen molar-refractivity contribution >= 4 is 48.6 Å². The molecule has 3 aromatic rings. The predicted octanol–water partition coefficient (Wildman–Crippen LogP) is 2.12. The van der Waals surface area contributed by atoms with Crippen LogP contribution in [0.15, 0.2) is 47.4 Å². The van der Waals surface area contributed by atoms with Gasteiger partial charge in [-0.15, -0.1) is 0 Å². The second-order valence-corrected chi connectivity index (χ2v) is 7.83. The van der Waals surface area contributed by atoms with Crippen LogP contribution in [0.2, 0.25) is 0 Å².